The number of hydrogen-bond donors (Lipinski definition) is 1. The highest BCUT2D eigenvalue weighted by Crippen LogP contribution is 2.09. The number of likely N-dealkylation sites (tertiary alicyclic amines) is 1. The zero-order valence-electron chi connectivity index (χ0n) is 11.8. The van der Waals surface area contributed by atoms with Crippen LogP contribution in [0, 0.1) is 0 Å². The molecular weight excluding hydrogens is 236 g/mol. The highest BCUT2D eigenvalue weighted by atomic mass is 16.5. The maximum atomic E-state index is 5.98. The van der Waals surface area contributed by atoms with Crippen molar-refractivity contribution in [3.05, 3.63) is 35.9 Å². The van der Waals surface area contributed by atoms with Gasteiger partial charge in [-0.1, -0.05) is 30.3 Å². The Morgan fingerprint density at radius 3 is 2.84 bits per heavy atom. The molecule has 3 nitrogen and oxygen atoms in total. The molecule has 1 fully saturated rings. The van der Waals surface area contributed by atoms with Crippen molar-refractivity contribution in [2.45, 2.75) is 38.3 Å². The molecule has 0 aromatic heterocycles. The van der Waals surface area contributed by atoms with Crippen LogP contribution in [0.5, 0.6) is 0 Å². The van der Waals surface area contributed by atoms with E-state index >= 15 is 0 Å². The highest BCUT2D eigenvalue weighted by Gasteiger charge is 2.15. The van der Waals surface area contributed by atoms with Crippen LogP contribution >= 0.6 is 0 Å². The van der Waals surface area contributed by atoms with Crippen LogP contribution in [-0.4, -0.2) is 37.2 Å². The molecule has 0 bridgehead atoms. The summed E-state index contributed by atoms with van der Waals surface area (Å²) in [4.78, 5) is 2.49. The Labute approximate surface area is 116 Å². The van der Waals surface area contributed by atoms with Gasteiger partial charge < -0.3 is 15.4 Å². The molecule has 1 aromatic carbocycles. The number of rotatable bonds is 7. The zero-order valence-corrected chi connectivity index (χ0v) is 11.8. The molecule has 0 aliphatic carbocycles. The van der Waals surface area contributed by atoms with Crippen LogP contribution in [0.1, 0.15) is 31.2 Å². The predicted octanol–water partition coefficient (Wildman–Crippen LogP) is 2.41. The maximum absolute atomic E-state index is 5.98. The molecule has 3 heteroatoms. The van der Waals surface area contributed by atoms with Gasteiger partial charge in [0.2, 0.25) is 0 Å². The lowest BCUT2D eigenvalue weighted by molar-refractivity contribution is 0.112. The van der Waals surface area contributed by atoms with Crippen molar-refractivity contribution in [2.24, 2.45) is 5.73 Å². The minimum Gasteiger partial charge on any atom is -0.377 e. The van der Waals surface area contributed by atoms with Gasteiger partial charge >= 0.3 is 0 Å². The molecule has 1 aromatic rings. The van der Waals surface area contributed by atoms with Gasteiger partial charge in [0.1, 0.15) is 0 Å². The fraction of sp³-hybridized carbons (Fsp3) is 0.625. The molecule has 1 saturated heterocycles. The van der Waals surface area contributed by atoms with Crippen LogP contribution in [0.4, 0.5) is 0 Å². The van der Waals surface area contributed by atoms with E-state index < -0.39 is 0 Å². The third-order valence-electron chi connectivity index (χ3n) is 3.67. The Morgan fingerprint density at radius 1 is 1.21 bits per heavy atom. The number of nitrogens with zero attached hydrogens (tertiary/aromatic N) is 1. The van der Waals surface area contributed by atoms with Crippen LogP contribution in [0.25, 0.3) is 0 Å². The van der Waals surface area contributed by atoms with E-state index in [1.54, 1.807) is 0 Å². The van der Waals surface area contributed by atoms with Gasteiger partial charge in [-0.05, 0) is 44.3 Å². The van der Waals surface area contributed by atoms with Gasteiger partial charge in [-0.3, -0.25) is 0 Å². The van der Waals surface area contributed by atoms with Crippen LogP contribution in [-0.2, 0) is 11.3 Å². The first kappa shape index (κ1) is 14.5. The second-order valence-electron chi connectivity index (χ2n) is 5.45. The number of unbranched alkanes of at least 4 members (excludes halogenated alkanes) is 1. The normalized spacial score (nSPS) is 20.6. The van der Waals surface area contributed by atoms with E-state index in [1.165, 1.54) is 37.9 Å². The van der Waals surface area contributed by atoms with Crippen molar-refractivity contribution in [1.29, 1.82) is 0 Å². The minimum absolute atomic E-state index is 0.392. The van der Waals surface area contributed by atoms with E-state index in [-0.39, 0.29) is 0 Å². The van der Waals surface area contributed by atoms with Gasteiger partial charge in [-0.2, -0.15) is 0 Å². The fourth-order valence-electron chi connectivity index (χ4n) is 2.60. The quantitative estimate of drug-likeness (QED) is 0.767. The summed E-state index contributed by atoms with van der Waals surface area (Å²) in [5.41, 5.74) is 7.23. The zero-order chi connectivity index (χ0) is 13.3. The summed E-state index contributed by atoms with van der Waals surface area (Å²) in [5.74, 6) is 0. The van der Waals surface area contributed by atoms with E-state index in [4.69, 9.17) is 10.5 Å². The van der Waals surface area contributed by atoms with Gasteiger partial charge in [0.25, 0.3) is 0 Å². The van der Waals surface area contributed by atoms with E-state index in [2.05, 4.69) is 29.2 Å². The minimum atomic E-state index is 0.392. The van der Waals surface area contributed by atoms with Gasteiger partial charge in [0.15, 0.2) is 0 Å². The number of piperidine rings is 1. The molecular formula is C16H26N2O. The van der Waals surface area contributed by atoms with Crippen molar-refractivity contribution in [3.8, 4) is 0 Å². The first-order chi connectivity index (χ1) is 9.34. The molecule has 0 radical (unpaired) electrons. The average Bonchev–Trinajstić information content (AvgIpc) is 2.44. The standard InChI is InChI=1S/C16H26N2O/c17-16-9-6-11-18(13-16)10-4-5-12-19-14-15-7-2-1-3-8-15/h1-3,7-8,16H,4-6,9-14,17H2/t16-/m1/s1. The predicted molar refractivity (Wildman–Crippen MR) is 79.0 cm³/mol. The van der Waals surface area contributed by atoms with Crippen molar-refractivity contribution in [1.82, 2.24) is 4.90 Å². The third kappa shape index (κ3) is 5.72. The van der Waals surface area contributed by atoms with E-state index in [0.29, 0.717) is 6.04 Å². The molecule has 1 heterocycles. The number of benzene rings is 1. The summed E-state index contributed by atoms with van der Waals surface area (Å²) >= 11 is 0. The van der Waals surface area contributed by atoms with Crippen LogP contribution in [0.2, 0.25) is 0 Å². The molecule has 0 unspecified atom stereocenters. The van der Waals surface area contributed by atoms with Crippen LogP contribution in [0.3, 0.4) is 0 Å². The topological polar surface area (TPSA) is 38.5 Å². The van der Waals surface area contributed by atoms with Crippen molar-refractivity contribution >= 4 is 0 Å². The molecule has 0 amide bonds. The first-order valence-electron chi connectivity index (χ1n) is 7.44. The van der Waals surface area contributed by atoms with E-state index in [1.807, 2.05) is 6.07 Å². The Balaban J connectivity index is 1.48. The lowest BCUT2D eigenvalue weighted by atomic mass is 10.1. The summed E-state index contributed by atoms with van der Waals surface area (Å²) in [6.45, 7) is 5.05. The maximum Gasteiger partial charge on any atom is 0.0716 e. The Morgan fingerprint density at radius 2 is 2.05 bits per heavy atom. The fourth-order valence-corrected chi connectivity index (χ4v) is 2.60. The molecule has 106 valence electrons. The lowest BCUT2D eigenvalue weighted by Crippen LogP contribution is -2.43. The lowest BCUT2D eigenvalue weighted by Gasteiger charge is -2.30. The summed E-state index contributed by atoms with van der Waals surface area (Å²) < 4.78 is 5.69. The largest absolute Gasteiger partial charge is 0.377 e. The van der Waals surface area contributed by atoms with E-state index in [9.17, 15) is 0 Å². The molecule has 0 spiro atoms. The molecule has 1 atom stereocenters. The number of nitrogens with two attached hydrogens (primary N) is 1. The van der Waals surface area contributed by atoms with Crippen LogP contribution in [0.15, 0.2) is 30.3 Å². The Kier molecular flexibility index (Phi) is 6.34. The van der Waals surface area contributed by atoms with Gasteiger partial charge in [0, 0.05) is 19.2 Å². The highest BCUT2D eigenvalue weighted by molar-refractivity contribution is 5.13. The van der Waals surface area contributed by atoms with Gasteiger partial charge in [0.05, 0.1) is 6.61 Å². The summed E-state index contributed by atoms with van der Waals surface area (Å²) in [6.07, 6.45) is 4.79. The second kappa shape index (κ2) is 8.31. The summed E-state index contributed by atoms with van der Waals surface area (Å²) in [7, 11) is 0. The SMILES string of the molecule is N[C@@H]1CCCN(CCCCOCc2ccccc2)C1. The second-order valence-corrected chi connectivity index (χ2v) is 5.45. The van der Waals surface area contributed by atoms with E-state index in [0.717, 1.165) is 26.2 Å². The summed E-state index contributed by atoms with van der Waals surface area (Å²) in [6, 6.07) is 10.7. The number of ether oxygens (including phenoxy) is 1. The van der Waals surface area contributed by atoms with Crippen LogP contribution < -0.4 is 5.73 Å². The average molecular weight is 262 g/mol. The monoisotopic (exact) mass is 262 g/mol. The van der Waals surface area contributed by atoms with Crippen molar-refractivity contribution < 1.29 is 4.74 Å². The van der Waals surface area contributed by atoms with Gasteiger partial charge in [-0.15, -0.1) is 0 Å². The Bertz CT molecular complexity index is 342. The summed E-state index contributed by atoms with van der Waals surface area (Å²) in [5, 5.41) is 0. The smallest absolute Gasteiger partial charge is 0.0716 e. The first-order valence-corrected chi connectivity index (χ1v) is 7.44. The molecule has 1 aliphatic heterocycles. The number of hydrogen-bond acceptors (Lipinski definition) is 3. The van der Waals surface area contributed by atoms with Crippen molar-refractivity contribution in [3.63, 3.8) is 0 Å². The van der Waals surface area contributed by atoms with Crippen molar-refractivity contribution in [2.75, 3.05) is 26.2 Å². The molecule has 0 saturated carbocycles. The third-order valence-corrected chi connectivity index (χ3v) is 3.67. The molecule has 19 heavy (non-hydrogen) atoms. The molecule has 2 N–H and O–H groups in total. The Hall–Kier alpha value is -0.900. The van der Waals surface area contributed by atoms with Gasteiger partial charge in [-0.25, -0.2) is 0 Å². The molecule has 1 aliphatic rings. The molecule has 2 rings (SSSR count).